The van der Waals surface area contributed by atoms with Crippen LogP contribution in [0.5, 0.6) is 0 Å². The van der Waals surface area contributed by atoms with Gasteiger partial charge in [-0.15, -0.1) is 0 Å². The molecule has 2 N–H and O–H groups in total. The first-order chi connectivity index (χ1) is 9.74. The molecule has 1 atom stereocenters. The molecule has 1 unspecified atom stereocenters. The minimum absolute atomic E-state index is 0.0368. The average Bonchev–Trinajstić information content (AvgIpc) is 2.38. The highest BCUT2D eigenvalue weighted by atomic mass is 16.2. The maximum absolute atomic E-state index is 12.1. The number of aryl methyl sites for hydroxylation is 1. The minimum Gasteiger partial charge on any atom is -0.384 e. The van der Waals surface area contributed by atoms with Crippen LogP contribution in [-0.2, 0) is 4.79 Å². The van der Waals surface area contributed by atoms with Gasteiger partial charge in [-0.25, -0.2) is 0 Å². The molecule has 1 aromatic rings. The molecule has 1 rings (SSSR count). The first kappa shape index (κ1) is 17.3. The van der Waals surface area contributed by atoms with Gasteiger partial charge in [-0.2, -0.15) is 0 Å². The number of benzene rings is 1. The lowest BCUT2D eigenvalue weighted by molar-refractivity contribution is -0.117. The summed E-state index contributed by atoms with van der Waals surface area (Å²) < 4.78 is 0. The van der Waals surface area contributed by atoms with Gasteiger partial charge in [0.15, 0.2) is 0 Å². The Labute approximate surface area is 127 Å². The molecular weight excluding hydrogens is 262 g/mol. The molecule has 1 aromatic carbocycles. The van der Waals surface area contributed by atoms with Crippen LogP contribution in [0.2, 0.25) is 0 Å². The number of nitrogens with one attached hydrogen (secondary N) is 1. The van der Waals surface area contributed by atoms with Crippen LogP contribution in [0, 0.1) is 30.1 Å². The molecule has 0 saturated carbocycles. The van der Waals surface area contributed by atoms with Crippen LogP contribution in [0.3, 0.4) is 0 Å². The minimum atomic E-state index is -0.151. The number of amides is 1. The molecule has 3 nitrogen and oxygen atoms in total. The number of carbonyl (C=O) groups excluding carboxylic acids is 1. The third kappa shape index (κ3) is 5.61. The first-order valence-electron chi connectivity index (χ1n) is 7.24. The molecule has 0 spiro atoms. The van der Waals surface area contributed by atoms with E-state index in [1.54, 1.807) is 0 Å². The maximum Gasteiger partial charge on any atom is 0.224 e. The van der Waals surface area contributed by atoms with Crippen LogP contribution in [0.4, 0.5) is 5.69 Å². The van der Waals surface area contributed by atoms with E-state index in [2.05, 4.69) is 44.9 Å². The fourth-order valence-electron chi connectivity index (χ4n) is 1.81. The lowest BCUT2D eigenvalue weighted by atomic mass is 9.80. The van der Waals surface area contributed by atoms with Gasteiger partial charge in [-0.3, -0.25) is 4.79 Å². The second-order valence-corrected chi connectivity index (χ2v) is 6.51. The number of aliphatic hydroxyl groups excluding tert-OH is 1. The molecule has 1 amide bonds. The topological polar surface area (TPSA) is 49.3 Å². The molecule has 0 aromatic heterocycles. The summed E-state index contributed by atoms with van der Waals surface area (Å²) in [5.41, 5.74) is 2.74. The lowest BCUT2D eigenvalue weighted by Crippen LogP contribution is -2.24. The Kier molecular flexibility index (Phi) is 5.99. The molecule has 0 radical (unpaired) electrons. The number of hydrogen-bond acceptors (Lipinski definition) is 2. The van der Waals surface area contributed by atoms with Gasteiger partial charge in [0.2, 0.25) is 5.91 Å². The zero-order valence-corrected chi connectivity index (χ0v) is 13.6. The molecule has 114 valence electrons. The van der Waals surface area contributed by atoms with Gasteiger partial charge < -0.3 is 10.4 Å². The van der Waals surface area contributed by atoms with Gasteiger partial charge in [-0.1, -0.05) is 39.5 Å². The molecule has 0 aliphatic carbocycles. The predicted molar refractivity (Wildman–Crippen MR) is 87.0 cm³/mol. The van der Waals surface area contributed by atoms with E-state index in [0.29, 0.717) is 12.3 Å². The van der Waals surface area contributed by atoms with Gasteiger partial charge in [-0.05, 0) is 42.0 Å². The summed E-state index contributed by atoms with van der Waals surface area (Å²) in [6.45, 7) is 10.3. The van der Waals surface area contributed by atoms with Crippen LogP contribution in [0.1, 0.15) is 45.2 Å². The fraction of sp³-hybridized carbons (Fsp3) is 0.500. The molecule has 0 fully saturated rings. The van der Waals surface area contributed by atoms with Gasteiger partial charge in [0, 0.05) is 17.7 Å². The Morgan fingerprint density at radius 1 is 1.38 bits per heavy atom. The van der Waals surface area contributed by atoms with Crippen molar-refractivity contribution >= 4 is 11.6 Å². The zero-order valence-electron chi connectivity index (χ0n) is 13.6. The normalized spacial score (nSPS) is 12.3. The van der Waals surface area contributed by atoms with Gasteiger partial charge in [0.05, 0.1) is 0 Å². The van der Waals surface area contributed by atoms with Crippen molar-refractivity contribution in [2.75, 3.05) is 11.9 Å². The number of rotatable bonds is 3. The Hall–Kier alpha value is -1.79. The number of carbonyl (C=O) groups is 1. The third-order valence-electron chi connectivity index (χ3n) is 3.78. The smallest absolute Gasteiger partial charge is 0.224 e. The lowest BCUT2D eigenvalue weighted by Gasteiger charge is -2.26. The van der Waals surface area contributed by atoms with E-state index < -0.39 is 0 Å². The molecule has 0 heterocycles. The summed E-state index contributed by atoms with van der Waals surface area (Å²) in [7, 11) is 0. The summed E-state index contributed by atoms with van der Waals surface area (Å²) in [4.78, 5) is 12.1. The van der Waals surface area contributed by atoms with Gasteiger partial charge in [0.1, 0.15) is 6.61 Å². The molecule has 21 heavy (non-hydrogen) atoms. The van der Waals surface area contributed by atoms with Crippen molar-refractivity contribution in [3.63, 3.8) is 0 Å². The van der Waals surface area contributed by atoms with Crippen molar-refractivity contribution < 1.29 is 9.90 Å². The highest BCUT2D eigenvalue weighted by Crippen LogP contribution is 2.28. The molecule has 0 aliphatic rings. The SMILES string of the molecule is Cc1cc(C#CCO)ccc1NC(=O)CC(C)C(C)(C)C. The highest BCUT2D eigenvalue weighted by Gasteiger charge is 2.22. The molecule has 3 heteroatoms. The van der Waals surface area contributed by atoms with Crippen LogP contribution in [0.15, 0.2) is 18.2 Å². The zero-order chi connectivity index (χ0) is 16.0. The Morgan fingerprint density at radius 2 is 2.05 bits per heavy atom. The van der Waals surface area contributed by atoms with E-state index in [1.165, 1.54) is 0 Å². The van der Waals surface area contributed by atoms with Crippen LogP contribution in [-0.4, -0.2) is 17.6 Å². The maximum atomic E-state index is 12.1. The summed E-state index contributed by atoms with van der Waals surface area (Å²) in [5.74, 6) is 5.82. The number of hydrogen-bond donors (Lipinski definition) is 2. The van der Waals surface area contributed by atoms with Crippen molar-refractivity contribution in [1.29, 1.82) is 0 Å². The Morgan fingerprint density at radius 3 is 2.57 bits per heavy atom. The summed E-state index contributed by atoms with van der Waals surface area (Å²) in [6, 6.07) is 5.61. The van der Waals surface area contributed by atoms with Gasteiger partial charge >= 0.3 is 0 Å². The average molecular weight is 287 g/mol. The summed E-state index contributed by atoms with van der Waals surface area (Å²) in [5, 5.41) is 11.6. The van der Waals surface area contributed by atoms with Crippen LogP contribution >= 0.6 is 0 Å². The van der Waals surface area contributed by atoms with E-state index in [0.717, 1.165) is 16.8 Å². The summed E-state index contributed by atoms with van der Waals surface area (Å²) in [6.07, 6.45) is 0.509. The van der Waals surface area contributed by atoms with Crippen LogP contribution < -0.4 is 5.32 Å². The second-order valence-electron chi connectivity index (χ2n) is 6.51. The second kappa shape index (κ2) is 7.28. The van der Waals surface area contributed by atoms with E-state index in [4.69, 9.17) is 5.11 Å². The quantitative estimate of drug-likeness (QED) is 0.838. The molecule has 0 aliphatic heterocycles. The molecule has 0 saturated heterocycles. The van der Waals surface area contributed by atoms with E-state index in [1.807, 2.05) is 25.1 Å². The van der Waals surface area contributed by atoms with E-state index >= 15 is 0 Å². The van der Waals surface area contributed by atoms with E-state index in [9.17, 15) is 4.79 Å². The van der Waals surface area contributed by atoms with Crippen molar-refractivity contribution in [1.82, 2.24) is 0 Å². The Bertz CT molecular complexity index is 559. The number of anilines is 1. The third-order valence-corrected chi connectivity index (χ3v) is 3.78. The van der Waals surface area contributed by atoms with Crippen molar-refractivity contribution in [2.45, 2.75) is 41.0 Å². The van der Waals surface area contributed by atoms with Gasteiger partial charge in [0.25, 0.3) is 0 Å². The first-order valence-corrected chi connectivity index (χ1v) is 7.24. The molecule has 0 bridgehead atoms. The largest absolute Gasteiger partial charge is 0.384 e. The Balaban J connectivity index is 2.73. The number of aliphatic hydroxyl groups is 1. The van der Waals surface area contributed by atoms with Crippen molar-refractivity contribution in [2.24, 2.45) is 11.3 Å². The van der Waals surface area contributed by atoms with Crippen molar-refractivity contribution in [3.05, 3.63) is 29.3 Å². The monoisotopic (exact) mass is 287 g/mol. The van der Waals surface area contributed by atoms with E-state index in [-0.39, 0.29) is 17.9 Å². The standard InChI is InChI=1S/C18H25NO2/c1-13-11-15(7-6-10-20)8-9-16(13)19-17(21)12-14(2)18(3,4)5/h8-9,11,14,20H,10,12H2,1-5H3,(H,19,21). The highest BCUT2D eigenvalue weighted by molar-refractivity contribution is 5.91. The van der Waals surface area contributed by atoms with Crippen molar-refractivity contribution in [3.8, 4) is 11.8 Å². The summed E-state index contributed by atoms with van der Waals surface area (Å²) >= 11 is 0. The molecular formula is C18H25NO2. The fourth-order valence-corrected chi connectivity index (χ4v) is 1.81. The van der Waals surface area contributed by atoms with Crippen LogP contribution in [0.25, 0.3) is 0 Å². The predicted octanol–water partition coefficient (Wildman–Crippen LogP) is 3.35.